The first kappa shape index (κ1) is 53.9. The highest BCUT2D eigenvalue weighted by atomic mass is 32.2. The van der Waals surface area contributed by atoms with Gasteiger partial charge in [0.2, 0.25) is 5.79 Å². The number of rotatable bonds is 34. The molecular formula is C57H78N2O9S. The number of non-ortho nitro benzene ring substituents is 1. The number of allylic oxidation sites excluding steroid dienone is 1. The van der Waals surface area contributed by atoms with Gasteiger partial charge in [0, 0.05) is 48.8 Å². The summed E-state index contributed by atoms with van der Waals surface area (Å²) >= 11 is 1.89. The van der Waals surface area contributed by atoms with Crippen molar-refractivity contribution < 1.29 is 39.0 Å². The van der Waals surface area contributed by atoms with Crippen molar-refractivity contribution in [1.82, 2.24) is 0 Å². The molecule has 0 amide bonds. The van der Waals surface area contributed by atoms with Crippen molar-refractivity contribution in [2.24, 2.45) is 22.9 Å². The number of hydrogen-bond donors (Lipinski definition) is 2. The summed E-state index contributed by atoms with van der Waals surface area (Å²) in [6, 6.07) is 19.5. The van der Waals surface area contributed by atoms with Gasteiger partial charge in [-0.3, -0.25) is 14.9 Å². The molecule has 0 spiro atoms. The SMILES string of the molecule is C=CCOC12Oc3ccc(Oc4cccc(C=O)c4)cc3C3C(CCCCO)C(CCCCO)C=C(C(=NOCc4ccc([N+](=O)[O-])cc4)CC1SCCCCCCCCCCCCCCCC)C32. The second-order valence-corrected chi connectivity index (χ2v) is 20.5. The molecule has 3 aromatic rings. The summed E-state index contributed by atoms with van der Waals surface area (Å²) < 4.78 is 21.0. The number of ether oxygens (including phenoxy) is 3. The number of unbranched alkanes of at least 4 members (excludes halogenated alkanes) is 15. The van der Waals surface area contributed by atoms with Gasteiger partial charge in [0.05, 0.1) is 28.4 Å². The van der Waals surface area contributed by atoms with Crippen molar-refractivity contribution in [3.8, 4) is 17.2 Å². The number of nitro benzene ring substituents is 1. The highest BCUT2D eigenvalue weighted by Crippen LogP contribution is 2.62. The molecule has 2 N–H and O–H groups in total. The summed E-state index contributed by atoms with van der Waals surface area (Å²) in [4.78, 5) is 28.9. The third kappa shape index (κ3) is 15.3. The number of benzene rings is 3. The Morgan fingerprint density at radius 1 is 0.841 bits per heavy atom. The van der Waals surface area contributed by atoms with Gasteiger partial charge in [-0.2, -0.15) is 11.8 Å². The largest absolute Gasteiger partial charge is 0.460 e. The lowest BCUT2D eigenvalue weighted by Crippen LogP contribution is -2.64. The molecule has 6 atom stereocenters. The lowest BCUT2D eigenvalue weighted by Gasteiger charge is -2.58. The number of nitro groups is 1. The van der Waals surface area contributed by atoms with Crippen LogP contribution in [0.5, 0.6) is 17.2 Å². The van der Waals surface area contributed by atoms with Crippen LogP contribution < -0.4 is 9.47 Å². The van der Waals surface area contributed by atoms with E-state index in [0.717, 1.165) is 72.3 Å². The molecule has 1 saturated carbocycles. The highest BCUT2D eigenvalue weighted by Gasteiger charge is 2.64. The summed E-state index contributed by atoms with van der Waals surface area (Å²) in [6.45, 7) is 7.02. The zero-order valence-electron chi connectivity index (χ0n) is 41.1. The Balaban J connectivity index is 1.31. The molecule has 11 nitrogen and oxygen atoms in total. The maximum atomic E-state index is 11.7. The van der Waals surface area contributed by atoms with E-state index in [1.54, 1.807) is 36.4 Å². The van der Waals surface area contributed by atoms with Crippen molar-refractivity contribution in [3.05, 3.63) is 118 Å². The fourth-order valence-electron chi connectivity index (χ4n) is 10.7. The molecule has 0 aromatic heterocycles. The van der Waals surface area contributed by atoms with Gasteiger partial charge >= 0.3 is 0 Å². The van der Waals surface area contributed by atoms with Crippen LogP contribution in [0, 0.1) is 27.9 Å². The number of carbonyl (C=O) groups is 1. The van der Waals surface area contributed by atoms with E-state index in [1.165, 1.54) is 95.6 Å². The Bertz CT molecular complexity index is 2110. The summed E-state index contributed by atoms with van der Waals surface area (Å²) in [6.07, 6.45) is 28.6. The van der Waals surface area contributed by atoms with Crippen molar-refractivity contribution in [3.63, 3.8) is 0 Å². The Hall–Kier alpha value is -4.49. The monoisotopic (exact) mass is 967 g/mol. The normalized spacial score (nSPS) is 22.0. The molecular weight excluding hydrogens is 889 g/mol. The standard InChI is InChI=1S/C57H78N2O9S/c1-3-5-6-7-8-9-10-11-12-13-14-15-16-21-36-69-54-40-52(58-66-42-43-27-29-46(30-28-43)59(63)64)50-38-45(24-17-19-33-60)49(26-18-20-34-61)55-51-39-48(67-47-25-22-23-44(37-47)41-62)31-32-53(51)68-57(54,56(50)55)65-35-4-2/h4,22-23,25,27-32,37-39,41,45,49,54-56,60-61H,2-3,5-21,24,26,33-36,40,42H2,1H3. The van der Waals surface area contributed by atoms with Crippen LogP contribution in [-0.2, 0) is 16.2 Å². The zero-order chi connectivity index (χ0) is 48.7. The van der Waals surface area contributed by atoms with E-state index in [-0.39, 0.29) is 61.0 Å². The molecule has 69 heavy (non-hydrogen) atoms. The number of oxime groups is 1. The lowest BCUT2D eigenvalue weighted by molar-refractivity contribution is -0.384. The average Bonchev–Trinajstić information content (AvgIpc) is 3.36. The minimum absolute atomic E-state index is 0.0201. The molecule has 1 fully saturated rings. The smallest absolute Gasteiger partial charge is 0.269 e. The molecule has 6 rings (SSSR count). The molecule has 2 aliphatic carbocycles. The molecule has 3 aromatic carbocycles. The molecule has 3 aliphatic rings. The zero-order valence-corrected chi connectivity index (χ0v) is 41.9. The van der Waals surface area contributed by atoms with Gasteiger partial charge in [-0.15, -0.1) is 6.58 Å². The van der Waals surface area contributed by atoms with Gasteiger partial charge in [-0.1, -0.05) is 133 Å². The van der Waals surface area contributed by atoms with Crippen molar-refractivity contribution >= 4 is 29.4 Å². The first-order chi connectivity index (χ1) is 33.8. The summed E-state index contributed by atoms with van der Waals surface area (Å²) in [5.74, 6) is 1.62. The lowest BCUT2D eigenvalue weighted by atomic mass is 9.56. The van der Waals surface area contributed by atoms with Gasteiger partial charge in [-0.05, 0) is 103 Å². The molecule has 1 heterocycles. The predicted octanol–water partition coefficient (Wildman–Crippen LogP) is 14.2. The van der Waals surface area contributed by atoms with Crippen LogP contribution in [0.25, 0.3) is 0 Å². The number of aliphatic hydroxyl groups excluding tert-OH is 2. The topological polar surface area (TPSA) is 150 Å². The highest BCUT2D eigenvalue weighted by molar-refractivity contribution is 8.00. The van der Waals surface area contributed by atoms with E-state index in [4.69, 9.17) is 24.2 Å². The van der Waals surface area contributed by atoms with Gasteiger partial charge in [0.1, 0.15) is 30.1 Å². The second-order valence-electron chi connectivity index (χ2n) is 19.2. The van der Waals surface area contributed by atoms with Crippen LogP contribution in [0.2, 0.25) is 0 Å². The molecule has 0 radical (unpaired) electrons. The maximum absolute atomic E-state index is 11.7. The van der Waals surface area contributed by atoms with Gasteiger partial charge in [0.25, 0.3) is 5.69 Å². The number of thioether (sulfide) groups is 1. The quantitative estimate of drug-likeness (QED) is 0.0195. The Morgan fingerprint density at radius 3 is 2.16 bits per heavy atom. The fraction of sp³-hybridized carbons (Fsp3) is 0.579. The minimum Gasteiger partial charge on any atom is -0.460 e. The first-order valence-corrected chi connectivity index (χ1v) is 27.2. The van der Waals surface area contributed by atoms with E-state index in [2.05, 4.69) is 25.6 Å². The summed E-state index contributed by atoms with van der Waals surface area (Å²) in [7, 11) is 0. The number of nitrogens with zero attached hydrogens (tertiary/aromatic N) is 2. The predicted molar refractivity (Wildman–Crippen MR) is 278 cm³/mol. The summed E-state index contributed by atoms with van der Waals surface area (Å²) in [5, 5.41) is 36.1. The van der Waals surface area contributed by atoms with Crippen LogP contribution in [0.3, 0.4) is 0 Å². The molecule has 0 saturated heterocycles. The second kappa shape index (κ2) is 29.0. The molecule has 376 valence electrons. The molecule has 6 unspecified atom stereocenters. The Kier molecular flexibility index (Phi) is 22.6. The van der Waals surface area contributed by atoms with Crippen LogP contribution in [0.15, 0.2) is 96.2 Å². The van der Waals surface area contributed by atoms with E-state index >= 15 is 0 Å². The molecule has 0 bridgehead atoms. The number of hydrogen-bond acceptors (Lipinski definition) is 11. The fourth-order valence-corrected chi connectivity index (χ4v) is 12.2. The maximum Gasteiger partial charge on any atom is 0.269 e. The average molecular weight is 967 g/mol. The number of aliphatic hydroxyl groups is 2. The summed E-state index contributed by atoms with van der Waals surface area (Å²) in [5.41, 5.74) is 4.20. The molecule has 12 heteroatoms. The minimum atomic E-state index is -1.08. The van der Waals surface area contributed by atoms with E-state index in [1.807, 2.05) is 30.0 Å². The van der Waals surface area contributed by atoms with Crippen LogP contribution in [-0.4, -0.2) is 63.7 Å². The van der Waals surface area contributed by atoms with Crippen LogP contribution in [0.1, 0.15) is 169 Å². The number of carbonyl (C=O) groups excluding carboxylic acids is 1. The molecule has 1 aliphatic heterocycles. The van der Waals surface area contributed by atoms with E-state index in [0.29, 0.717) is 36.3 Å². The number of fused-ring (bicyclic) bond motifs is 2. The van der Waals surface area contributed by atoms with Crippen molar-refractivity contribution in [2.75, 3.05) is 25.6 Å². The van der Waals surface area contributed by atoms with E-state index < -0.39 is 10.7 Å². The van der Waals surface area contributed by atoms with Gasteiger partial charge in [0.15, 0.2) is 0 Å². The van der Waals surface area contributed by atoms with Gasteiger partial charge < -0.3 is 29.3 Å². The Labute approximate surface area is 415 Å². The van der Waals surface area contributed by atoms with Gasteiger partial charge in [-0.25, -0.2) is 0 Å². The third-order valence-electron chi connectivity index (χ3n) is 14.2. The van der Waals surface area contributed by atoms with Crippen molar-refractivity contribution in [2.45, 2.75) is 165 Å². The third-order valence-corrected chi connectivity index (χ3v) is 15.6. The number of aldehydes is 1. The first-order valence-electron chi connectivity index (χ1n) is 26.1. The Morgan fingerprint density at radius 2 is 1.51 bits per heavy atom. The van der Waals surface area contributed by atoms with E-state index in [9.17, 15) is 25.1 Å². The van der Waals surface area contributed by atoms with Crippen molar-refractivity contribution in [1.29, 1.82) is 0 Å². The van der Waals surface area contributed by atoms with Crippen LogP contribution >= 0.6 is 11.8 Å². The van der Waals surface area contributed by atoms with Crippen LogP contribution in [0.4, 0.5) is 5.69 Å².